The Morgan fingerprint density at radius 1 is 1.20 bits per heavy atom. The van der Waals surface area contributed by atoms with Crippen LogP contribution in [0.2, 0.25) is 0 Å². The highest BCUT2D eigenvalue weighted by atomic mass is 16.2. The quantitative estimate of drug-likeness (QED) is 0.880. The highest BCUT2D eigenvalue weighted by molar-refractivity contribution is 5.89. The Balaban J connectivity index is 1.49. The molecular weight excluding hydrogens is 316 g/mol. The summed E-state index contributed by atoms with van der Waals surface area (Å²) in [6, 6.07) is 9.49. The number of nitrogens with one attached hydrogen (secondary N) is 2. The van der Waals surface area contributed by atoms with Crippen LogP contribution in [0.15, 0.2) is 42.7 Å². The molecule has 0 radical (unpaired) electrons. The number of aromatic nitrogens is 1. The second kappa shape index (κ2) is 7.79. The second-order valence-electron chi connectivity index (χ2n) is 6.23. The SMILES string of the molecule is Cc1cnccc1NC(=O)NCc1ccc(CN2CCCC2=O)cc1. The summed E-state index contributed by atoms with van der Waals surface area (Å²) in [4.78, 5) is 29.5. The molecule has 130 valence electrons. The van der Waals surface area contributed by atoms with Crippen molar-refractivity contribution in [2.24, 2.45) is 0 Å². The van der Waals surface area contributed by atoms with Gasteiger partial charge in [0.2, 0.25) is 5.91 Å². The van der Waals surface area contributed by atoms with Gasteiger partial charge in [-0.25, -0.2) is 4.79 Å². The molecule has 6 nitrogen and oxygen atoms in total. The fourth-order valence-corrected chi connectivity index (χ4v) is 2.82. The van der Waals surface area contributed by atoms with Crippen LogP contribution in [0.5, 0.6) is 0 Å². The third kappa shape index (κ3) is 4.56. The molecule has 1 aromatic carbocycles. The molecule has 2 heterocycles. The van der Waals surface area contributed by atoms with Crippen molar-refractivity contribution in [1.82, 2.24) is 15.2 Å². The summed E-state index contributed by atoms with van der Waals surface area (Å²) in [6.45, 7) is 3.84. The summed E-state index contributed by atoms with van der Waals surface area (Å²) in [5, 5.41) is 5.65. The summed E-state index contributed by atoms with van der Waals surface area (Å²) in [5.74, 6) is 0.230. The van der Waals surface area contributed by atoms with Crippen molar-refractivity contribution in [3.8, 4) is 0 Å². The average molecular weight is 338 g/mol. The van der Waals surface area contributed by atoms with Crippen LogP contribution in [-0.2, 0) is 17.9 Å². The molecule has 0 spiro atoms. The number of carbonyl (C=O) groups excluding carboxylic acids is 2. The Labute approximate surface area is 147 Å². The lowest BCUT2D eigenvalue weighted by Gasteiger charge is -2.15. The van der Waals surface area contributed by atoms with E-state index in [9.17, 15) is 9.59 Å². The molecule has 3 amide bonds. The van der Waals surface area contributed by atoms with Crippen LogP contribution in [0.1, 0.15) is 29.5 Å². The molecule has 6 heteroatoms. The smallest absolute Gasteiger partial charge is 0.319 e. The molecule has 1 fully saturated rings. The van der Waals surface area contributed by atoms with Gasteiger partial charge in [0, 0.05) is 44.1 Å². The van der Waals surface area contributed by atoms with Gasteiger partial charge in [0.1, 0.15) is 0 Å². The van der Waals surface area contributed by atoms with Gasteiger partial charge < -0.3 is 15.5 Å². The van der Waals surface area contributed by atoms with Crippen molar-refractivity contribution in [2.45, 2.75) is 32.9 Å². The topological polar surface area (TPSA) is 74.3 Å². The van der Waals surface area contributed by atoms with Crippen molar-refractivity contribution >= 4 is 17.6 Å². The largest absolute Gasteiger partial charge is 0.338 e. The fraction of sp³-hybridized carbons (Fsp3) is 0.316. The number of aryl methyl sites for hydroxylation is 1. The number of amides is 3. The van der Waals surface area contributed by atoms with E-state index in [2.05, 4.69) is 15.6 Å². The zero-order valence-corrected chi connectivity index (χ0v) is 14.3. The predicted molar refractivity (Wildman–Crippen MR) is 95.9 cm³/mol. The van der Waals surface area contributed by atoms with Crippen molar-refractivity contribution in [2.75, 3.05) is 11.9 Å². The minimum atomic E-state index is -0.249. The highest BCUT2D eigenvalue weighted by Gasteiger charge is 2.19. The third-order valence-electron chi connectivity index (χ3n) is 4.29. The van der Waals surface area contributed by atoms with Crippen molar-refractivity contribution < 1.29 is 9.59 Å². The van der Waals surface area contributed by atoms with Crippen molar-refractivity contribution in [3.05, 3.63) is 59.4 Å². The minimum Gasteiger partial charge on any atom is -0.338 e. The first kappa shape index (κ1) is 17.0. The van der Waals surface area contributed by atoms with Crippen LogP contribution in [-0.4, -0.2) is 28.4 Å². The van der Waals surface area contributed by atoms with E-state index in [4.69, 9.17) is 0 Å². The first-order valence-corrected chi connectivity index (χ1v) is 8.43. The van der Waals surface area contributed by atoms with Crippen LogP contribution in [0.4, 0.5) is 10.5 Å². The van der Waals surface area contributed by atoms with E-state index >= 15 is 0 Å². The maximum atomic E-state index is 12.0. The first-order valence-electron chi connectivity index (χ1n) is 8.43. The van der Waals surface area contributed by atoms with E-state index in [1.54, 1.807) is 18.5 Å². The van der Waals surface area contributed by atoms with Crippen LogP contribution >= 0.6 is 0 Å². The van der Waals surface area contributed by atoms with Gasteiger partial charge in [0.25, 0.3) is 0 Å². The molecule has 0 saturated carbocycles. The normalized spacial score (nSPS) is 13.8. The van der Waals surface area contributed by atoms with Crippen LogP contribution in [0, 0.1) is 6.92 Å². The molecule has 25 heavy (non-hydrogen) atoms. The molecule has 1 saturated heterocycles. The Kier molecular flexibility index (Phi) is 5.28. The fourth-order valence-electron chi connectivity index (χ4n) is 2.82. The summed E-state index contributed by atoms with van der Waals surface area (Å²) >= 11 is 0. The van der Waals surface area contributed by atoms with Crippen LogP contribution in [0.25, 0.3) is 0 Å². The molecule has 2 N–H and O–H groups in total. The molecule has 0 aliphatic carbocycles. The average Bonchev–Trinajstić information content (AvgIpc) is 3.01. The third-order valence-corrected chi connectivity index (χ3v) is 4.29. The Hall–Kier alpha value is -2.89. The number of nitrogens with zero attached hydrogens (tertiary/aromatic N) is 2. The molecule has 1 aliphatic rings. The number of benzene rings is 1. The molecular formula is C19H22N4O2. The van der Waals surface area contributed by atoms with Gasteiger partial charge >= 0.3 is 6.03 Å². The highest BCUT2D eigenvalue weighted by Crippen LogP contribution is 2.15. The van der Waals surface area contributed by atoms with Gasteiger partial charge in [-0.3, -0.25) is 9.78 Å². The zero-order chi connectivity index (χ0) is 17.6. The number of carbonyl (C=O) groups is 2. The van der Waals surface area contributed by atoms with Gasteiger partial charge in [-0.2, -0.15) is 0 Å². The Morgan fingerprint density at radius 2 is 1.96 bits per heavy atom. The van der Waals surface area contributed by atoms with Crippen LogP contribution in [0.3, 0.4) is 0 Å². The van der Waals surface area contributed by atoms with Crippen molar-refractivity contribution in [1.29, 1.82) is 0 Å². The lowest BCUT2D eigenvalue weighted by Crippen LogP contribution is -2.28. The summed E-state index contributed by atoms with van der Waals surface area (Å²) in [6.07, 6.45) is 4.97. The number of anilines is 1. The van der Waals surface area contributed by atoms with Gasteiger partial charge in [0.05, 0.1) is 0 Å². The maximum Gasteiger partial charge on any atom is 0.319 e. The zero-order valence-electron chi connectivity index (χ0n) is 14.3. The summed E-state index contributed by atoms with van der Waals surface area (Å²) in [7, 11) is 0. The molecule has 1 aliphatic heterocycles. The monoisotopic (exact) mass is 338 g/mol. The predicted octanol–water partition coefficient (Wildman–Crippen LogP) is 2.83. The van der Waals surface area contributed by atoms with E-state index in [0.29, 0.717) is 19.5 Å². The minimum absolute atomic E-state index is 0.230. The molecule has 0 atom stereocenters. The Bertz CT molecular complexity index is 758. The number of rotatable bonds is 5. The molecule has 1 aromatic heterocycles. The molecule has 0 unspecified atom stereocenters. The van der Waals surface area contributed by atoms with E-state index in [1.807, 2.05) is 36.1 Å². The second-order valence-corrected chi connectivity index (χ2v) is 6.23. The van der Waals surface area contributed by atoms with E-state index in [0.717, 1.165) is 35.3 Å². The summed E-state index contributed by atoms with van der Waals surface area (Å²) < 4.78 is 0. The number of hydrogen-bond donors (Lipinski definition) is 2. The summed E-state index contributed by atoms with van der Waals surface area (Å²) in [5.41, 5.74) is 3.78. The van der Waals surface area contributed by atoms with E-state index in [-0.39, 0.29) is 11.9 Å². The first-order chi connectivity index (χ1) is 12.1. The van der Waals surface area contributed by atoms with Gasteiger partial charge in [-0.05, 0) is 36.1 Å². The lowest BCUT2D eigenvalue weighted by atomic mass is 10.1. The van der Waals surface area contributed by atoms with Gasteiger partial charge in [0.15, 0.2) is 0 Å². The molecule has 3 rings (SSSR count). The van der Waals surface area contributed by atoms with Gasteiger partial charge in [-0.15, -0.1) is 0 Å². The number of pyridine rings is 1. The Morgan fingerprint density at radius 3 is 2.64 bits per heavy atom. The van der Waals surface area contributed by atoms with Crippen molar-refractivity contribution in [3.63, 3.8) is 0 Å². The lowest BCUT2D eigenvalue weighted by molar-refractivity contribution is -0.128. The van der Waals surface area contributed by atoms with Crippen LogP contribution < -0.4 is 10.6 Å². The number of hydrogen-bond acceptors (Lipinski definition) is 3. The van der Waals surface area contributed by atoms with Gasteiger partial charge in [-0.1, -0.05) is 24.3 Å². The number of urea groups is 1. The van der Waals surface area contributed by atoms with E-state index < -0.39 is 0 Å². The standard InChI is InChI=1S/C19H22N4O2/c1-14-11-20-9-8-17(14)22-19(25)21-12-15-4-6-16(7-5-15)13-23-10-2-3-18(23)24/h4-9,11H,2-3,10,12-13H2,1H3,(H2,20,21,22,25). The van der Waals surface area contributed by atoms with E-state index in [1.165, 1.54) is 0 Å². The maximum absolute atomic E-state index is 12.0. The molecule has 0 bridgehead atoms. The molecule has 2 aromatic rings. The number of likely N-dealkylation sites (tertiary alicyclic amines) is 1.